The van der Waals surface area contributed by atoms with Crippen molar-refractivity contribution in [2.24, 2.45) is 0 Å². The Labute approximate surface area is 109 Å². The number of hydrogen-bond acceptors (Lipinski definition) is 6. The first kappa shape index (κ1) is 16.2. The second kappa shape index (κ2) is 9.29. The van der Waals surface area contributed by atoms with Crippen molar-refractivity contribution in [3.63, 3.8) is 0 Å². The minimum Gasteiger partial charge on any atom is -0.462 e. The third-order valence-corrected chi connectivity index (χ3v) is 1.68. The molecule has 0 bridgehead atoms. The second-order valence-electron chi connectivity index (χ2n) is 3.12. The Balaban J connectivity index is 3.49. The average Bonchev–Trinajstić information content (AvgIpc) is 2.34. The highest BCUT2D eigenvalue weighted by atomic mass is 35.5. The Morgan fingerprint density at radius 3 is 2.39 bits per heavy atom. The van der Waals surface area contributed by atoms with E-state index in [1.165, 1.54) is 6.92 Å². The van der Waals surface area contributed by atoms with Gasteiger partial charge < -0.3 is 14.3 Å². The van der Waals surface area contributed by atoms with Gasteiger partial charge in [0.2, 0.25) is 0 Å². The number of ether oxygens (including phenoxy) is 2. The van der Waals surface area contributed by atoms with Gasteiger partial charge in [0.15, 0.2) is 0 Å². The van der Waals surface area contributed by atoms with Crippen LogP contribution in [0.3, 0.4) is 0 Å². The standard InChI is InChI=1S/C10H14ClNO6/c1-7(2)9(14)16-4-3-5-17-10(15)12-18-8(13)6-11/h1,3-6H2,2H3,(H,12,15). The summed E-state index contributed by atoms with van der Waals surface area (Å²) in [6.45, 7) is 5.03. The lowest BCUT2D eigenvalue weighted by Gasteiger charge is -2.06. The lowest BCUT2D eigenvalue weighted by Crippen LogP contribution is -2.28. The molecule has 0 rings (SSSR count). The summed E-state index contributed by atoms with van der Waals surface area (Å²) >= 11 is 5.11. The summed E-state index contributed by atoms with van der Waals surface area (Å²) in [6, 6.07) is 0. The first-order valence-electron chi connectivity index (χ1n) is 4.98. The van der Waals surface area contributed by atoms with Crippen molar-refractivity contribution < 1.29 is 28.7 Å². The number of esters is 1. The lowest BCUT2D eigenvalue weighted by atomic mass is 10.4. The number of halogens is 1. The summed E-state index contributed by atoms with van der Waals surface area (Å²) in [7, 11) is 0. The van der Waals surface area contributed by atoms with Gasteiger partial charge in [0.1, 0.15) is 5.88 Å². The van der Waals surface area contributed by atoms with E-state index in [1.807, 2.05) is 0 Å². The fraction of sp³-hybridized carbons (Fsp3) is 0.500. The van der Waals surface area contributed by atoms with E-state index in [0.717, 1.165) is 0 Å². The summed E-state index contributed by atoms with van der Waals surface area (Å²) in [6.07, 6.45) is -0.615. The minimum absolute atomic E-state index is 0.00767. The normalized spacial score (nSPS) is 9.22. The first-order chi connectivity index (χ1) is 8.47. The van der Waals surface area contributed by atoms with Crippen LogP contribution in [0.4, 0.5) is 4.79 Å². The molecule has 8 heteroatoms. The van der Waals surface area contributed by atoms with Crippen LogP contribution in [0.25, 0.3) is 0 Å². The maximum absolute atomic E-state index is 10.9. The van der Waals surface area contributed by atoms with E-state index in [4.69, 9.17) is 16.3 Å². The molecule has 1 amide bonds. The van der Waals surface area contributed by atoms with Crippen molar-refractivity contribution in [3.05, 3.63) is 12.2 Å². The molecular weight excluding hydrogens is 266 g/mol. The molecule has 0 spiro atoms. The van der Waals surface area contributed by atoms with Crippen LogP contribution in [0.5, 0.6) is 0 Å². The van der Waals surface area contributed by atoms with Gasteiger partial charge in [-0.3, -0.25) is 0 Å². The van der Waals surface area contributed by atoms with E-state index in [2.05, 4.69) is 16.2 Å². The molecule has 0 aromatic carbocycles. The summed E-state index contributed by atoms with van der Waals surface area (Å²) in [5.41, 5.74) is 2.03. The van der Waals surface area contributed by atoms with Crippen LogP contribution in [0.1, 0.15) is 13.3 Å². The molecule has 0 aliphatic heterocycles. The van der Waals surface area contributed by atoms with Crippen molar-refractivity contribution in [1.29, 1.82) is 0 Å². The maximum Gasteiger partial charge on any atom is 0.440 e. The Hall–Kier alpha value is -1.76. The number of carbonyl (C=O) groups is 3. The van der Waals surface area contributed by atoms with Gasteiger partial charge in [-0.2, -0.15) is 0 Å². The SMILES string of the molecule is C=C(C)C(=O)OCCCOC(=O)NOC(=O)CCl. The van der Waals surface area contributed by atoms with Gasteiger partial charge >= 0.3 is 18.0 Å². The fourth-order valence-electron chi connectivity index (χ4n) is 0.667. The quantitative estimate of drug-likeness (QED) is 0.194. The zero-order valence-electron chi connectivity index (χ0n) is 9.86. The summed E-state index contributed by atoms with van der Waals surface area (Å²) in [5, 5.41) is 0. The molecule has 18 heavy (non-hydrogen) atoms. The smallest absolute Gasteiger partial charge is 0.440 e. The van der Waals surface area contributed by atoms with Crippen LogP contribution >= 0.6 is 11.6 Å². The van der Waals surface area contributed by atoms with E-state index >= 15 is 0 Å². The van der Waals surface area contributed by atoms with E-state index in [9.17, 15) is 14.4 Å². The van der Waals surface area contributed by atoms with Crippen LogP contribution in [-0.4, -0.2) is 37.1 Å². The van der Waals surface area contributed by atoms with Crippen LogP contribution in [0.2, 0.25) is 0 Å². The number of rotatable bonds is 6. The molecule has 0 unspecified atom stereocenters. The molecule has 0 aliphatic rings. The topological polar surface area (TPSA) is 90.9 Å². The van der Waals surface area contributed by atoms with Crippen molar-refractivity contribution >= 4 is 29.6 Å². The van der Waals surface area contributed by atoms with Crippen molar-refractivity contribution in [2.45, 2.75) is 13.3 Å². The molecule has 0 saturated heterocycles. The number of hydroxylamine groups is 1. The highest BCUT2D eigenvalue weighted by molar-refractivity contribution is 6.26. The number of amides is 1. The minimum atomic E-state index is -0.931. The largest absolute Gasteiger partial charge is 0.462 e. The first-order valence-corrected chi connectivity index (χ1v) is 5.52. The predicted octanol–water partition coefficient (Wildman–Crippen LogP) is 0.919. The molecule has 102 valence electrons. The van der Waals surface area contributed by atoms with Crippen LogP contribution < -0.4 is 5.48 Å². The molecule has 0 saturated carbocycles. The number of alkyl halides is 1. The molecule has 0 aromatic rings. The van der Waals surface area contributed by atoms with E-state index < -0.39 is 18.0 Å². The summed E-state index contributed by atoms with van der Waals surface area (Å²) in [5.74, 6) is -1.68. The molecule has 0 heterocycles. The Morgan fingerprint density at radius 1 is 1.22 bits per heavy atom. The monoisotopic (exact) mass is 279 g/mol. The van der Waals surface area contributed by atoms with Gasteiger partial charge in [0.05, 0.1) is 13.2 Å². The average molecular weight is 280 g/mol. The van der Waals surface area contributed by atoms with Crippen LogP contribution in [-0.2, 0) is 23.9 Å². The van der Waals surface area contributed by atoms with Crippen molar-refractivity contribution in [1.82, 2.24) is 5.48 Å². The highest BCUT2D eigenvalue weighted by Gasteiger charge is 2.06. The lowest BCUT2D eigenvalue weighted by molar-refractivity contribution is -0.146. The zero-order chi connectivity index (χ0) is 14.0. The third kappa shape index (κ3) is 8.40. The van der Waals surface area contributed by atoms with E-state index in [1.54, 1.807) is 5.48 Å². The van der Waals surface area contributed by atoms with Gasteiger partial charge in [-0.1, -0.05) is 6.58 Å². The fourth-order valence-corrected chi connectivity index (χ4v) is 0.722. The molecule has 0 atom stereocenters. The Bertz CT molecular complexity index is 330. The van der Waals surface area contributed by atoms with E-state index in [-0.39, 0.29) is 19.1 Å². The third-order valence-electron chi connectivity index (χ3n) is 1.46. The number of hydrogen-bond donors (Lipinski definition) is 1. The van der Waals surface area contributed by atoms with Crippen LogP contribution in [0, 0.1) is 0 Å². The van der Waals surface area contributed by atoms with E-state index in [0.29, 0.717) is 12.0 Å². The molecule has 1 N–H and O–H groups in total. The van der Waals surface area contributed by atoms with Crippen LogP contribution in [0.15, 0.2) is 12.2 Å². The zero-order valence-corrected chi connectivity index (χ0v) is 10.6. The number of nitrogens with one attached hydrogen (secondary N) is 1. The molecule has 0 radical (unpaired) electrons. The maximum atomic E-state index is 10.9. The molecule has 0 aromatic heterocycles. The highest BCUT2D eigenvalue weighted by Crippen LogP contribution is 1.94. The van der Waals surface area contributed by atoms with Gasteiger partial charge in [0, 0.05) is 12.0 Å². The molecule has 0 fully saturated rings. The predicted molar refractivity (Wildman–Crippen MR) is 61.7 cm³/mol. The molecule has 0 aliphatic carbocycles. The van der Waals surface area contributed by atoms with Crippen molar-refractivity contribution in [3.8, 4) is 0 Å². The van der Waals surface area contributed by atoms with Gasteiger partial charge in [-0.05, 0) is 6.92 Å². The molecular formula is C10H14ClNO6. The second-order valence-corrected chi connectivity index (χ2v) is 3.38. The van der Waals surface area contributed by atoms with Gasteiger partial charge in [0.25, 0.3) is 0 Å². The summed E-state index contributed by atoms with van der Waals surface area (Å²) < 4.78 is 9.34. The molecule has 7 nitrogen and oxygen atoms in total. The van der Waals surface area contributed by atoms with Gasteiger partial charge in [-0.25, -0.2) is 14.4 Å². The number of carbonyl (C=O) groups excluding carboxylic acids is 3. The summed E-state index contributed by atoms with van der Waals surface area (Å²) in [4.78, 5) is 36.6. The Morgan fingerprint density at radius 2 is 1.83 bits per heavy atom. The Kier molecular flexibility index (Phi) is 8.38. The van der Waals surface area contributed by atoms with Gasteiger partial charge in [-0.15, -0.1) is 17.1 Å². The van der Waals surface area contributed by atoms with Crippen molar-refractivity contribution in [2.75, 3.05) is 19.1 Å².